The Kier molecular flexibility index (Phi) is 3.19. The molecule has 20 heavy (non-hydrogen) atoms. The van der Waals surface area contributed by atoms with Crippen LogP contribution in [0.15, 0.2) is 34.4 Å². The van der Waals surface area contributed by atoms with Gasteiger partial charge in [-0.25, -0.2) is 4.39 Å². The summed E-state index contributed by atoms with van der Waals surface area (Å²) in [6.45, 7) is -0.763. The average Bonchev–Trinajstić information content (AvgIpc) is 2.83. The zero-order valence-electron chi connectivity index (χ0n) is 10.1. The van der Waals surface area contributed by atoms with Gasteiger partial charge in [-0.1, -0.05) is 11.6 Å². The quantitative estimate of drug-likeness (QED) is 0.791. The van der Waals surface area contributed by atoms with Crippen molar-refractivity contribution in [1.82, 2.24) is 9.78 Å². The topological polar surface area (TPSA) is 60.9 Å². The van der Waals surface area contributed by atoms with Crippen LogP contribution in [0.5, 0.6) is 0 Å². The number of halogens is 2. The highest BCUT2D eigenvalue weighted by Gasteiger charge is 2.15. The molecule has 0 bridgehead atoms. The first-order valence-electron chi connectivity index (χ1n) is 5.72. The molecule has 0 radical (unpaired) electrons. The Balaban J connectivity index is 2.36. The Morgan fingerprint density at radius 2 is 2.05 bits per heavy atom. The molecule has 2 N–H and O–H groups in total. The van der Waals surface area contributed by atoms with Crippen molar-refractivity contribution in [2.75, 3.05) is 5.73 Å². The number of alkyl halides is 1. The lowest BCUT2D eigenvalue weighted by atomic mass is 10.2. The number of thiophene rings is 1. The van der Waals surface area contributed by atoms with Gasteiger partial charge in [-0.3, -0.25) is 4.79 Å². The van der Waals surface area contributed by atoms with E-state index in [-0.39, 0.29) is 11.3 Å². The molecule has 1 aromatic carbocycles. The second-order valence-electron chi connectivity index (χ2n) is 4.16. The van der Waals surface area contributed by atoms with Gasteiger partial charge in [0.05, 0.1) is 16.1 Å². The van der Waals surface area contributed by atoms with Crippen LogP contribution in [-0.2, 0) is 6.67 Å². The Bertz CT molecular complexity index is 841. The smallest absolute Gasteiger partial charge is 0.282 e. The maximum atomic E-state index is 13.1. The highest BCUT2D eigenvalue weighted by Crippen LogP contribution is 2.27. The lowest BCUT2D eigenvalue weighted by Crippen LogP contribution is -2.22. The maximum absolute atomic E-state index is 13.1. The lowest BCUT2D eigenvalue weighted by Gasteiger charge is -2.07. The van der Waals surface area contributed by atoms with Crippen molar-refractivity contribution in [1.29, 1.82) is 0 Å². The number of nitrogen functional groups attached to an aromatic ring is 1. The van der Waals surface area contributed by atoms with Gasteiger partial charge in [0.15, 0.2) is 0 Å². The van der Waals surface area contributed by atoms with Crippen molar-refractivity contribution >= 4 is 38.7 Å². The predicted molar refractivity (Wildman–Crippen MR) is 79.5 cm³/mol. The molecule has 0 fully saturated rings. The Morgan fingerprint density at radius 1 is 1.35 bits per heavy atom. The van der Waals surface area contributed by atoms with E-state index in [1.165, 1.54) is 11.3 Å². The standard InChI is InChI=1S/C13H9ClFN3OS/c14-7-1-3-8(4-2-7)18-13(19)11-9(6-20-12(11)16)10(5-15)17-18/h1-4,6H,5,16H2. The fourth-order valence-electron chi connectivity index (χ4n) is 1.99. The van der Waals surface area contributed by atoms with Crippen LogP contribution in [-0.4, -0.2) is 9.78 Å². The molecule has 0 aliphatic rings. The first-order chi connectivity index (χ1) is 9.61. The van der Waals surface area contributed by atoms with Gasteiger partial charge in [0.25, 0.3) is 5.56 Å². The summed E-state index contributed by atoms with van der Waals surface area (Å²) in [5.74, 6) is 0. The van der Waals surface area contributed by atoms with Crippen LogP contribution in [0.4, 0.5) is 9.39 Å². The summed E-state index contributed by atoms with van der Waals surface area (Å²) in [6.07, 6.45) is 0. The number of nitrogens with zero attached hydrogens (tertiary/aromatic N) is 2. The monoisotopic (exact) mass is 309 g/mol. The number of fused-ring (bicyclic) bond motifs is 1. The van der Waals surface area contributed by atoms with Crippen LogP contribution in [0.25, 0.3) is 16.5 Å². The van der Waals surface area contributed by atoms with Crippen molar-refractivity contribution in [3.8, 4) is 5.69 Å². The molecule has 3 rings (SSSR count). The molecule has 0 saturated heterocycles. The molecule has 0 aliphatic carbocycles. The van der Waals surface area contributed by atoms with E-state index in [4.69, 9.17) is 17.3 Å². The SMILES string of the molecule is Nc1scc2c(CF)nn(-c3ccc(Cl)cc3)c(=O)c12. The van der Waals surface area contributed by atoms with Crippen molar-refractivity contribution < 1.29 is 4.39 Å². The van der Waals surface area contributed by atoms with Crippen molar-refractivity contribution in [2.24, 2.45) is 0 Å². The van der Waals surface area contributed by atoms with E-state index in [2.05, 4.69) is 5.10 Å². The normalized spacial score (nSPS) is 11.1. The van der Waals surface area contributed by atoms with Gasteiger partial charge in [0.1, 0.15) is 12.4 Å². The zero-order chi connectivity index (χ0) is 14.3. The molecule has 102 valence electrons. The number of rotatable bonds is 2. The number of hydrogen-bond acceptors (Lipinski definition) is 4. The van der Waals surface area contributed by atoms with E-state index >= 15 is 0 Å². The van der Waals surface area contributed by atoms with Gasteiger partial charge in [0.2, 0.25) is 0 Å². The summed E-state index contributed by atoms with van der Waals surface area (Å²) in [5.41, 5.74) is 6.15. The second-order valence-corrected chi connectivity index (χ2v) is 5.51. The minimum Gasteiger partial charge on any atom is -0.390 e. The summed E-state index contributed by atoms with van der Waals surface area (Å²) >= 11 is 7.02. The fraction of sp³-hybridized carbons (Fsp3) is 0.0769. The highest BCUT2D eigenvalue weighted by atomic mass is 35.5. The lowest BCUT2D eigenvalue weighted by molar-refractivity contribution is 0.471. The molecular formula is C13H9ClFN3OS. The van der Waals surface area contributed by atoms with Crippen molar-refractivity contribution in [3.63, 3.8) is 0 Å². The van der Waals surface area contributed by atoms with E-state index in [0.29, 0.717) is 26.5 Å². The largest absolute Gasteiger partial charge is 0.390 e. The van der Waals surface area contributed by atoms with E-state index in [1.807, 2.05) is 0 Å². The fourth-order valence-corrected chi connectivity index (χ4v) is 2.93. The van der Waals surface area contributed by atoms with Crippen LogP contribution in [0.2, 0.25) is 5.02 Å². The van der Waals surface area contributed by atoms with Gasteiger partial charge in [-0.05, 0) is 24.3 Å². The van der Waals surface area contributed by atoms with Crippen LogP contribution in [0.3, 0.4) is 0 Å². The van der Waals surface area contributed by atoms with Crippen LogP contribution >= 0.6 is 22.9 Å². The first kappa shape index (κ1) is 13.1. The van der Waals surface area contributed by atoms with Gasteiger partial charge < -0.3 is 5.73 Å². The van der Waals surface area contributed by atoms with Crippen molar-refractivity contribution in [2.45, 2.75) is 6.67 Å². The second kappa shape index (κ2) is 4.88. The minimum absolute atomic E-state index is 0.197. The van der Waals surface area contributed by atoms with Gasteiger partial charge in [-0.2, -0.15) is 9.78 Å². The number of nitrogens with two attached hydrogens (primary N) is 1. The molecule has 4 nitrogen and oxygen atoms in total. The Morgan fingerprint density at radius 3 is 2.70 bits per heavy atom. The van der Waals surface area contributed by atoms with Crippen molar-refractivity contribution in [3.05, 3.63) is 50.7 Å². The zero-order valence-corrected chi connectivity index (χ0v) is 11.7. The van der Waals surface area contributed by atoms with E-state index in [9.17, 15) is 9.18 Å². The Labute approximate surface area is 122 Å². The average molecular weight is 310 g/mol. The van der Waals surface area contributed by atoms with Gasteiger partial charge in [-0.15, -0.1) is 11.3 Å². The number of anilines is 1. The summed E-state index contributed by atoms with van der Waals surface area (Å²) < 4.78 is 14.3. The third-order valence-corrected chi connectivity index (χ3v) is 4.02. The summed E-state index contributed by atoms with van der Waals surface area (Å²) in [5, 5.41) is 7.42. The number of hydrogen-bond donors (Lipinski definition) is 1. The molecule has 3 aromatic rings. The minimum atomic E-state index is -0.763. The van der Waals surface area contributed by atoms with E-state index in [0.717, 1.165) is 4.68 Å². The Hall–Kier alpha value is -1.92. The highest BCUT2D eigenvalue weighted by molar-refractivity contribution is 7.15. The number of aromatic nitrogens is 2. The van der Waals surface area contributed by atoms with Crippen LogP contribution in [0, 0.1) is 0 Å². The molecule has 0 amide bonds. The summed E-state index contributed by atoms with van der Waals surface area (Å²) in [4.78, 5) is 12.4. The molecular weight excluding hydrogens is 301 g/mol. The maximum Gasteiger partial charge on any atom is 0.282 e. The molecule has 7 heteroatoms. The molecule has 0 aliphatic heterocycles. The molecule has 0 saturated carbocycles. The third-order valence-electron chi connectivity index (χ3n) is 2.96. The predicted octanol–water partition coefficient (Wildman–Crippen LogP) is 3.15. The molecule has 2 heterocycles. The van der Waals surface area contributed by atoms with E-state index < -0.39 is 6.67 Å². The molecule has 0 spiro atoms. The van der Waals surface area contributed by atoms with Gasteiger partial charge in [0, 0.05) is 15.8 Å². The van der Waals surface area contributed by atoms with E-state index in [1.54, 1.807) is 29.6 Å². The molecule has 2 aromatic heterocycles. The summed E-state index contributed by atoms with van der Waals surface area (Å²) in [7, 11) is 0. The first-order valence-corrected chi connectivity index (χ1v) is 6.98. The molecule has 0 atom stereocenters. The summed E-state index contributed by atoms with van der Waals surface area (Å²) in [6, 6.07) is 6.57. The van der Waals surface area contributed by atoms with Gasteiger partial charge >= 0.3 is 0 Å². The van der Waals surface area contributed by atoms with Crippen LogP contribution < -0.4 is 11.3 Å². The molecule has 0 unspecified atom stereocenters. The number of benzene rings is 1. The van der Waals surface area contributed by atoms with Crippen LogP contribution in [0.1, 0.15) is 5.69 Å². The third kappa shape index (κ3) is 1.97.